The lowest BCUT2D eigenvalue weighted by molar-refractivity contribution is -0.385. The summed E-state index contributed by atoms with van der Waals surface area (Å²) in [6.45, 7) is 4.13. The number of aromatic hydroxyl groups is 1. The van der Waals surface area contributed by atoms with Crippen LogP contribution in [0.15, 0.2) is 72.8 Å². The van der Waals surface area contributed by atoms with Crippen molar-refractivity contribution in [2.45, 2.75) is 160 Å². The smallest absolute Gasteiger partial charge is 0.328 e. The van der Waals surface area contributed by atoms with Crippen LogP contribution in [0.1, 0.15) is 134 Å². The highest BCUT2D eigenvalue weighted by Gasteiger charge is 2.31. The Bertz CT molecular complexity index is 2310. The molecule has 6 amide bonds. The van der Waals surface area contributed by atoms with Crippen LogP contribution in [-0.2, 0) is 46.4 Å². The van der Waals surface area contributed by atoms with Gasteiger partial charge >= 0.3 is 11.7 Å². The molecule has 386 valence electrons. The molecule has 71 heavy (non-hydrogen) atoms. The Morgan fingerprint density at radius 1 is 0.746 bits per heavy atom. The quantitative estimate of drug-likeness (QED) is 0.0152. The van der Waals surface area contributed by atoms with Crippen LogP contribution in [0.3, 0.4) is 0 Å². The second-order valence-electron chi connectivity index (χ2n) is 18.8. The van der Waals surface area contributed by atoms with Gasteiger partial charge in [-0.3, -0.25) is 38.9 Å². The summed E-state index contributed by atoms with van der Waals surface area (Å²) in [6, 6.07) is 13.3. The standard InChI is InChI=1S/C53H73N7O11/c1-3-35(2)49(53(69)57-41(50(54)66)34-39-23-18-22-38-21-15-16-24-40(38)39)59-46(62)25-14-9-7-5-4-6-8-10-17-30-55-51(67)42(32-37-26-27-45(61)44(33-37)60(70)71)58-52(68)43(31-36-19-12-11-13-20-36)56-47(63)28-29-48(64)65/h15-16,18,21-24,26-29,33,35-36,41-43,49,61H,3-14,17,19-20,25,30-32,34H2,1-2H3,(H2,54,66)(H,55,67)(H,56,63)(H,57,69)(H,58,68)(H,59,62)(H,64,65)/b29-28+/t35?,41-,42-,43-,49-/m0/s1. The van der Waals surface area contributed by atoms with E-state index in [2.05, 4.69) is 26.6 Å². The highest BCUT2D eigenvalue weighted by atomic mass is 16.6. The fourth-order valence-corrected chi connectivity index (χ4v) is 9.02. The van der Waals surface area contributed by atoms with Gasteiger partial charge in [0.15, 0.2) is 5.75 Å². The number of fused-ring (bicyclic) bond motifs is 1. The summed E-state index contributed by atoms with van der Waals surface area (Å²) < 4.78 is 0. The fraction of sp³-hybridized carbons (Fsp3) is 0.528. The molecular formula is C53H73N7O11. The van der Waals surface area contributed by atoms with E-state index in [0.717, 1.165) is 112 Å². The van der Waals surface area contributed by atoms with Crippen LogP contribution >= 0.6 is 0 Å². The number of phenols is 1. The van der Waals surface area contributed by atoms with E-state index in [0.29, 0.717) is 37.4 Å². The van der Waals surface area contributed by atoms with Gasteiger partial charge in [0, 0.05) is 44.0 Å². The number of nitrogens with zero attached hydrogens (tertiary/aromatic N) is 1. The van der Waals surface area contributed by atoms with Crippen molar-refractivity contribution in [1.29, 1.82) is 0 Å². The highest BCUT2D eigenvalue weighted by molar-refractivity contribution is 5.98. The van der Waals surface area contributed by atoms with Gasteiger partial charge in [-0.15, -0.1) is 0 Å². The van der Waals surface area contributed by atoms with Crippen LogP contribution in [0.25, 0.3) is 10.8 Å². The number of nitrogens with one attached hydrogen (secondary N) is 5. The minimum atomic E-state index is -1.33. The van der Waals surface area contributed by atoms with E-state index in [1.54, 1.807) is 0 Å². The molecule has 1 aliphatic carbocycles. The molecule has 3 aromatic rings. The van der Waals surface area contributed by atoms with Crippen LogP contribution < -0.4 is 32.3 Å². The Kier molecular flexibility index (Phi) is 24.0. The number of nitrogens with two attached hydrogens (primary N) is 1. The van der Waals surface area contributed by atoms with Crippen molar-refractivity contribution in [2.75, 3.05) is 6.54 Å². The monoisotopic (exact) mass is 984 g/mol. The van der Waals surface area contributed by atoms with Crippen molar-refractivity contribution in [3.63, 3.8) is 0 Å². The summed E-state index contributed by atoms with van der Waals surface area (Å²) in [7, 11) is 0. The SMILES string of the molecule is CCC(C)[C@H](NC(=O)CCCCCCCCCCCNC(=O)[C@H](Cc1ccc(O)c([N+](=O)[O-])c1)NC(=O)[C@H](CC1CCCCC1)NC(=O)/C=C/C(=O)O)C(=O)N[C@@H](Cc1cccc2ccccc12)C(N)=O. The van der Waals surface area contributed by atoms with Crippen molar-refractivity contribution in [1.82, 2.24) is 26.6 Å². The molecule has 18 nitrogen and oxygen atoms in total. The maximum atomic E-state index is 13.8. The van der Waals surface area contributed by atoms with E-state index in [4.69, 9.17) is 10.8 Å². The lowest BCUT2D eigenvalue weighted by Gasteiger charge is -2.28. The number of hydrogen-bond acceptors (Lipinski definition) is 10. The first-order valence-corrected chi connectivity index (χ1v) is 25.2. The first kappa shape index (κ1) is 56.7. The third-order valence-electron chi connectivity index (χ3n) is 13.3. The molecule has 0 aliphatic heterocycles. The van der Waals surface area contributed by atoms with E-state index in [-0.39, 0.29) is 43.4 Å². The first-order chi connectivity index (χ1) is 34.1. The topological polar surface area (TPSA) is 289 Å². The average molecular weight is 984 g/mol. The normalized spacial score (nSPS) is 14.9. The number of nitro groups is 1. The zero-order valence-electron chi connectivity index (χ0n) is 41.1. The Morgan fingerprint density at radius 3 is 2.06 bits per heavy atom. The molecule has 0 bridgehead atoms. The minimum absolute atomic E-state index is 0.129. The van der Waals surface area contributed by atoms with Crippen molar-refractivity contribution in [3.05, 3.63) is 94.1 Å². The Labute approximate surface area is 415 Å². The van der Waals surface area contributed by atoms with Gasteiger partial charge in [0.2, 0.25) is 35.4 Å². The van der Waals surface area contributed by atoms with Gasteiger partial charge < -0.3 is 42.5 Å². The molecule has 0 heterocycles. The molecule has 3 aromatic carbocycles. The van der Waals surface area contributed by atoms with Crippen LogP contribution in [0.5, 0.6) is 5.75 Å². The average Bonchev–Trinajstić information content (AvgIpc) is 3.35. The summed E-state index contributed by atoms with van der Waals surface area (Å²) in [6.07, 6.45) is 15.3. The molecule has 5 atom stereocenters. The minimum Gasteiger partial charge on any atom is -0.502 e. The number of benzene rings is 3. The number of carboxylic acids is 1. The van der Waals surface area contributed by atoms with Crippen molar-refractivity contribution < 1.29 is 48.7 Å². The zero-order chi connectivity index (χ0) is 51.7. The summed E-state index contributed by atoms with van der Waals surface area (Å²) >= 11 is 0. The molecular weight excluding hydrogens is 911 g/mol. The van der Waals surface area contributed by atoms with Gasteiger partial charge in [0.1, 0.15) is 24.2 Å². The number of primary amides is 1. The van der Waals surface area contributed by atoms with Gasteiger partial charge in [0.05, 0.1) is 4.92 Å². The lowest BCUT2D eigenvalue weighted by Crippen LogP contribution is -2.55. The summed E-state index contributed by atoms with van der Waals surface area (Å²) in [5.41, 5.74) is 6.39. The Morgan fingerprint density at radius 2 is 1.39 bits per heavy atom. The van der Waals surface area contributed by atoms with Crippen LogP contribution in [0.2, 0.25) is 0 Å². The molecule has 0 spiro atoms. The van der Waals surface area contributed by atoms with E-state index in [1.807, 2.05) is 56.3 Å². The van der Waals surface area contributed by atoms with Crippen LogP contribution in [0.4, 0.5) is 5.69 Å². The maximum absolute atomic E-state index is 13.8. The number of amides is 6. The number of phenolic OH excluding ortho intramolecular Hbond substituents is 1. The third-order valence-corrected chi connectivity index (χ3v) is 13.3. The van der Waals surface area contributed by atoms with Gasteiger partial charge in [-0.2, -0.15) is 0 Å². The second kappa shape index (κ2) is 30.0. The molecule has 1 saturated carbocycles. The number of carbonyl (C=O) groups excluding carboxylic acids is 6. The summed E-state index contributed by atoms with van der Waals surface area (Å²) in [5, 5.41) is 46.4. The predicted molar refractivity (Wildman–Crippen MR) is 270 cm³/mol. The molecule has 18 heteroatoms. The fourth-order valence-electron chi connectivity index (χ4n) is 9.02. The Balaban J connectivity index is 1.19. The number of carboxylic acid groups (broad SMARTS) is 1. The number of carbonyl (C=O) groups is 7. The van der Waals surface area contributed by atoms with Crippen molar-refractivity contribution >= 4 is 57.9 Å². The number of rotatable bonds is 31. The second-order valence-corrected chi connectivity index (χ2v) is 18.8. The van der Waals surface area contributed by atoms with Crippen LogP contribution in [-0.4, -0.2) is 87.3 Å². The Hall–Kier alpha value is -6.85. The van der Waals surface area contributed by atoms with Crippen LogP contribution in [0, 0.1) is 22.0 Å². The largest absolute Gasteiger partial charge is 0.502 e. The number of nitro benzene ring substituents is 1. The lowest BCUT2D eigenvalue weighted by atomic mass is 9.84. The molecule has 0 radical (unpaired) electrons. The number of aliphatic carboxylic acids is 1. The number of hydrogen-bond donors (Lipinski definition) is 8. The zero-order valence-corrected chi connectivity index (χ0v) is 41.1. The van der Waals surface area contributed by atoms with Gasteiger partial charge in [-0.05, 0) is 59.1 Å². The summed E-state index contributed by atoms with van der Waals surface area (Å²) in [5.74, 6) is -5.20. The highest BCUT2D eigenvalue weighted by Crippen LogP contribution is 2.29. The maximum Gasteiger partial charge on any atom is 0.328 e. The predicted octanol–water partition coefficient (Wildman–Crippen LogP) is 6.34. The molecule has 1 aliphatic rings. The molecule has 4 rings (SSSR count). The van der Waals surface area contributed by atoms with E-state index < -0.39 is 76.0 Å². The van der Waals surface area contributed by atoms with Crippen molar-refractivity contribution in [2.24, 2.45) is 17.6 Å². The van der Waals surface area contributed by atoms with E-state index in [9.17, 15) is 48.8 Å². The number of unbranched alkanes of at least 4 members (excludes halogenated alkanes) is 8. The molecule has 9 N–H and O–H groups in total. The van der Waals surface area contributed by atoms with E-state index in [1.165, 1.54) is 6.07 Å². The van der Waals surface area contributed by atoms with Gasteiger partial charge in [0.25, 0.3) is 0 Å². The molecule has 1 fully saturated rings. The molecule has 1 unspecified atom stereocenters. The third kappa shape index (κ3) is 19.8. The molecule has 0 saturated heterocycles. The van der Waals surface area contributed by atoms with Crippen molar-refractivity contribution in [3.8, 4) is 5.75 Å². The van der Waals surface area contributed by atoms with E-state index >= 15 is 0 Å². The van der Waals surface area contributed by atoms with Gasteiger partial charge in [-0.25, -0.2) is 4.79 Å². The van der Waals surface area contributed by atoms with Gasteiger partial charge in [-0.1, -0.05) is 146 Å². The molecule has 0 aromatic heterocycles. The summed E-state index contributed by atoms with van der Waals surface area (Å²) in [4.78, 5) is 101. The first-order valence-electron chi connectivity index (χ1n) is 25.2.